The summed E-state index contributed by atoms with van der Waals surface area (Å²) in [6, 6.07) is 27.3. The third-order valence-corrected chi connectivity index (χ3v) is 5.78. The van der Waals surface area contributed by atoms with Crippen LogP contribution in [0.15, 0.2) is 91.0 Å². The van der Waals surface area contributed by atoms with Crippen LogP contribution in [0.3, 0.4) is 0 Å². The lowest BCUT2D eigenvalue weighted by molar-refractivity contribution is 0.0988. The fourth-order valence-corrected chi connectivity index (χ4v) is 4.02. The van der Waals surface area contributed by atoms with Gasteiger partial charge in [-0.15, -0.1) is 0 Å². The van der Waals surface area contributed by atoms with Gasteiger partial charge in [-0.3, -0.25) is 14.4 Å². The first-order valence-corrected chi connectivity index (χ1v) is 11.8. The van der Waals surface area contributed by atoms with Crippen LogP contribution in [-0.2, 0) is 6.42 Å². The molecule has 0 spiro atoms. The Hall–Kier alpha value is -4.51. The van der Waals surface area contributed by atoms with Crippen LogP contribution in [0.2, 0.25) is 0 Å². The predicted molar refractivity (Wildman–Crippen MR) is 144 cm³/mol. The monoisotopic (exact) mass is 476 g/mol. The second kappa shape index (κ2) is 10.8. The lowest BCUT2D eigenvalue weighted by Gasteiger charge is -2.13. The molecule has 2 amide bonds. The Morgan fingerprint density at radius 1 is 0.556 bits per heavy atom. The molecule has 0 atom stereocenters. The fourth-order valence-electron chi connectivity index (χ4n) is 4.02. The van der Waals surface area contributed by atoms with E-state index in [0.717, 1.165) is 22.3 Å². The minimum absolute atomic E-state index is 0.113. The van der Waals surface area contributed by atoms with Crippen molar-refractivity contribution >= 4 is 29.0 Å². The number of aryl methyl sites for hydroxylation is 3. The Balaban J connectivity index is 1.64. The third-order valence-electron chi connectivity index (χ3n) is 5.78. The van der Waals surface area contributed by atoms with Crippen molar-refractivity contribution in [3.05, 3.63) is 130 Å². The molecule has 0 aliphatic carbocycles. The van der Waals surface area contributed by atoms with Gasteiger partial charge in [0, 0.05) is 34.5 Å². The molecule has 0 heterocycles. The number of hydrogen-bond acceptors (Lipinski definition) is 3. The second-order valence-electron chi connectivity index (χ2n) is 9.04. The number of nitrogens with one attached hydrogen (secondary N) is 2. The summed E-state index contributed by atoms with van der Waals surface area (Å²) >= 11 is 0. The summed E-state index contributed by atoms with van der Waals surface area (Å²) in [5, 5.41) is 5.75. The van der Waals surface area contributed by atoms with Crippen molar-refractivity contribution < 1.29 is 14.4 Å². The van der Waals surface area contributed by atoms with Gasteiger partial charge in [0.15, 0.2) is 5.78 Å². The van der Waals surface area contributed by atoms with E-state index in [0.29, 0.717) is 28.1 Å². The first kappa shape index (κ1) is 24.6. The zero-order chi connectivity index (χ0) is 25.7. The summed E-state index contributed by atoms with van der Waals surface area (Å²) in [6.07, 6.45) is 0.211. The zero-order valence-corrected chi connectivity index (χ0v) is 20.6. The molecule has 0 aliphatic heterocycles. The number of Topliss-reactive ketones (excluding diaryl/α,β-unsaturated/α-hetero) is 1. The van der Waals surface area contributed by atoms with Gasteiger partial charge in [-0.1, -0.05) is 65.2 Å². The average molecular weight is 477 g/mol. The number of amides is 2. The number of benzene rings is 4. The molecule has 0 radical (unpaired) electrons. The van der Waals surface area contributed by atoms with E-state index in [1.165, 1.54) is 0 Å². The minimum Gasteiger partial charge on any atom is -0.322 e. The molecular formula is C31H28N2O3. The van der Waals surface area contributed by atoms with E-state index in [-0.39, 0.29) is 24.0 Å². The highest BCUT2D eigenvalue weighted by Crippen LogP contribution is 2.23. The zero-order valence-electron chi connectivity index (χ0n) is 20.6. The van der Waals surface area contributed by atoms with Crippen LogP contribution in [0.5, 0.6) is 0 Å². The van der Waals surface area contributed by atoms with E-state index in [1.807, 2.05) is 69.3 Å². The number of carbonyl (C=O) groups excluding carboxylic acids is 3. The summed E-state index contributed by atoms with van der Waals surface area (Å²) in [6.45, 7) is 5.81. The van der Waals surface area contributed by atoms with E-state index < -0.39 is 0 Å². The first-order chi connectivity index (χ1) is 17.3. The number of hydrogen-bond donors (Lipinski definition) is 2. The quantitative estimate of drug-likeness (QED) is 0.297. The van der Waals surface area contributed by atoms with E-state index in [2.05, 4.69) is 10.6 Å². The molecule has 5 heteroatoms. The number of rotatable bonds is 7. The molecule has 0 bridgehead atoms. The van der Waals surface area contributed by atoms with Crippen LogP contribution < -0.4 is 10.6 Å². The van der Waals surface area contributed by atoms with Crippen LogP contribution in [-0.4, -0.2) is 17.6 Å². The molecule has 4 aromatic rings. The van der Waals surface area contributed by atoms with Crippen molar-refractivity contribution in [2.45, 2.75) is 27.2 Å². The maximum Gasteiger partial charge on any atom is 0.255 e. The largest absolute Gasteiger partial charge is 0.322 e. The summed E-state index contributed by atoms with van der Waals surface area (Å²) < 4.78 is 0. The topological polar surface area (TPSA) is 75.3 Å². The van der Waals surface area contributed by atoms with Gasteiger partial charge in [0.05, 0.1) is 0 Å². The SMILES string of the molecule is Cc1cccc(CC(=O)c2cc(NC(=O)c3cccc(C)c3)cc(NC(=O)c3cccc(C)c3)c2)c1. The number of carbonyl (C=O) groups is 3. The van der Waals surface area contributed by atoms with Crippen molar-refractivity contribution in [1.82, 2.24) is 0 Å². The van der Waals surface area contributed by atoms with Crippen LogP contribution >= 0.6 is 0 Å². The van der Waals surface area contributed by atoms with E-state index in [9.17, 15) is 14.4 Å². The predicted octanol–water partition coefficient (Wildman–Crippen LogP) is 6.54. The normalized spacial score (nSPS) is 10.5. The van der Waals surface area contributed by atoms with E-state index >= 15 is 0 Å². The Morgan fingerprint density at radius 2 is 1.03 bits per heavy atom. The van der Waals surface area contributed by atoms with Gasteiger partial charge >= 0.3 is 0 Å². The maximum absolute atomic E-state index is 13.2. The number of anilines is 2. The van der Waals surface area contributed by atoms with Crippen molar-refractivity contribution in [2.75, 3.05) is 10.6 Å². The van der Waals surface area contributed by atoms with Crippen molar-refractivity contribution in [3.63, 3.8) is 0 Å². The highest BCUT2D eigenvalue weighted by molar-refractivity contribution is 6.08. The molecule has 0 saturated carbocycles. The average Bonchev–Trinajstić information content (AvgIpc) is 2.84. The lowest BCUT2D eigenvalue weighted by atomic mass is 10.0. The molecule has 0 aromatic heterocycles. The molecule has 0 unspecified atom stereocenters. The smallest absolute Gasteiger partial charge is 0.255 e. The van der Waals surface area contributed by atoms with Gasteiger partial charge in [0.1, 0.15) is 0 Å². The van der Waals surface area contributed by atoms with Gasteiger partial charge in [-0.05, 0) is 68.8 Å². The molecule has 0 aliphatic rings. The van der Waals surface area contributed by atoms with Crippen molar-refractivity contribution in [2.24, 2.45) is 0 Å². The van der Waals surface area contributed by atoms with Gasteiger partial charge in [0.25, 0.3) is 11.8 Å². The standard InChI is InChI=1S/C31H28N2O3/c1-20-7-4-10-23(13-20)16-29(34)26-17-27(32-30(35)24-11-5-8-21(2)14-24)19-28(18-26)33-31(36)25-12-6-9-22(3)15-25/h4-15,17-19H,16H2,1-3H3,(H,32,35)(H,33,36). The van der Waals surface area contributed by atoms with E-state index in [4.69, 9.17) is 0 Å². The van der Waals surface area contributed by atoms with E-state index in [1.54, 1.807) is 42.5 Å². The Morgan fingerprint density at radius 3 is 1.50 bits per heavy atom. The maximum atomic E-state index is 13.2. The first-order valence-electron chi connectivity index (χ1n) is 11.8. The summed E-state index contributed by atoms with van der Waals surface area (Å²) in [5.74, 6) is -0.700. The van der Waals surface area contributed by atoms with Crippen molar-refractivity contribution in [3.8, 4) is 0 Å². The van der Waals surface area contributed by atoms with Crippen molar-refractivity contribution in [1.29, 1.82) is 0 Å². The molecule has 4 aromatic carbocycles. The van der Waals surface area contributed by atoms with Gasteiger partial charge in [-0.25, -0.2) is 0 Å². The summed E-state index contributed by atoms with van der Waals surface area (Å²) in [7, 11) is 0. The Labute approximate surface area is 211 Å². The van der Waals surface area contributed by atoms with Gasteiger partial charge in [0.2, 0.25) is 0 Å². The van der Waals surface area contributed by atoms with Crippen LogP contribution in [0.25, 0.3) is 0 Å². The molecular weight excluding hydrogens is 448 g/mol. The third kappa shape index (κ3) is 6.33. The van der Waals surface area contributed by atoms with Crippen LogP contribution in [0.4, 0.5) is 11.4 Å². The summed E-state index contributed by atoms with van der Waals surface area (Å²) in [4.78, 5) is 39.0. The molecule has 36 heavy (non-hydrogen) atoms. The molecule has 2 N–H and O–H groups in total. The summed E-state index contributed by atoms with van der Waals surface area (Å²) in [5.41, 5.74) is 6.19. The molecule has 180 valence electrons. The Bertz CT molecular complexity index is 1380. The number of ketones is 1. The highest BCUT2D eigenvalue weighted by atomic mass is 16.2. The molecule has 0 saturated heterocycles. The van der Waals surface area contributed by atoms with Gasteiger partial charge < -0.3 is 10.6 Å². The molecule has 0 fully saturated rings. The fraction of sp³-hybridized carbons (Fsp3) is 0.129. The van der Waals surface area contributed by atoms with Crippen LogP contribution in [0, 0.1) is 20.8 Å². The molecule has 4 rings (SSSR count). The van der Waals surface area contributed by atoms with Gasteiger partial charge in [-0.2, -0.15) is 0 Å². The highest BCUT2D eigenvalue weighted by Gasteiger charge is 2.15. The lowest BCUT2D eigenvalue weighted by Crippen LogP contribution is -2.16. The molecule has 5 nitrogen and oxygen atoms in total. The second-order valence-corrected chi connectivity index (χ2v) is 9.04. The Kier molecular flexibility index (Phi) is 7.40. The minimum atomic E-state index is -0.294. The van der Waals surface area contributed by atoms with Crippen LogP contribution in [0.1, 0.15) is 53.3 Å².